The second-order valence-electron chi connectivity index (χ2n) is 7.01. The Labute approximate surface area is 179 Å². The van der Waals surface area contributed by atoms with Crippen molar-refractivity contribution in [1.29, 1.82) is 0 Å². The van der Waals surface area contributed by atoms with Crippen LogP contribution >= 0.6 is 11.3 Å². The molecule has 10 heteroatoms. The lowest BCUT2D eigenvalue weighted by molar-refractivity contribution is -0.270. The lowest BCUT2D eigenvalue weighted by Gasteiger charge is -2.29. The van der Waals surface area contributed by atoms with Gasteiger partial charge in [-0.05, 0) is 24.3 Å². The van der Waals surface area contributed by atoms with Gasteiger partial charge in [0.25, 0.3) is 0 Å². The maximum atomic E-state index is 13.6. The number of carbonyl (C=O) groups is 1. The monoisotopic (exact) mass is 446 g/mol. The molecule has 31 heavy (non-hydrogen) atoms. The van der Waals surface area contributed by atoms with Crippen LogP contribution in [0.2, 0.25) is 0 Å². The summed E-state index contributed by atoms with van der Waals surface area (Å²) in [5.41, 5.74) is -1.57. The highest BCUT2D eigenvalue weighted by Crippen LogP contribution is 2.41. The number of carbonyl (C=O) groups excluding carboxylic acids is 1. The molecule has 1 atom stereocenters. The number of hydrogen-bond donors (Lipinski definition) is 2. The maximum absolute atomic E-state index is 13.6. The fourth-order valence-corrected chi connectivity index (χ4v) is 4.20. The van der Waals surface area contributed by atoms with Crippen LogP contribution in [-0.2, 0) is 17.4 Å². The smallest absolute Gasteiger partial charge is 0.374 e. The van der Waals surface area contributed by atoms with Crippen molar-refractivity contribution in [3.63, 3.8) is 0 Å². The molecule has 160 valence electrons. The standard InChI is InChI=1S/C21H17F3N4O2S/c1-28-10-9-25-19(28)20(30,21(22,23)24)12-17(29)26-14-6-4-5-13(11-14)18-27-15-7-2-3-8-16(15)31-18/h2-11,30H,12H2,1H3,(H,26,29). The third kappa shape index (κ3) is 4.04. The van der Waals surface area contributed by atoms with Crippen LogP contribution in [-0.4, -0.2) is 31.7 Å². The van der Waals surface area contributed by atoms with Crippen molar-refractivity contribution in [1.82, 2.24) is 14.5 Å². The van der Waals surface area contributed by atoms with Crippen molar-refractivity contribution in [3.05, 3.63) is 66.7 Å². The third-order valence-electron chi connectivity index (χ3n) is 4.76. The van der Waals surface area contributed by atoms with E-state index in [1.54, 1.807) is 24.3 Å². The molecule has 4 rings (SSSR count). The van der Waals surface area contributed by atoms with Gasteiger partial charge in [0.2, 0.25) is 11.5 Å². The predicted octanol–water partition coefficient (Wildman–Crippen LogP) is 4.48. The summed E-state index contributed by atoms with van der Waals surface area (Å²) in [6.45, 7) is 0. The first-order valence-electron chi connectivity index (χ1n) is 9.20. The van der Waals surface area contributed by atoms with Gasteiger partial charge < -0.3 is 15.0 Å². The molecule has 2 heterocycles. The summed E-state index contributed by atoms with van der Waals surface area (Å²) in [7, 11) is 1.32. The topological polar surface area (TPSA) is 80.0 Å². The first kappa shape index (κ1) is 21.0. The number of imidazole rings is 1. The molecule has 0 fully saturated rings. The molecule has 0 saturated carbocycles. The minimum atomic E-state index is -5.09. The highest BCUT2D eigenvalue weighted by molar-refractivity contribution is 7.21. The molecule has 0 aliphatic carbocycles. The summed E-state index contributed by atoms with van der Waals surface area (Å²) in [4.78, 5) is 20.6. The highest BCUT2D eigenvalue weighted by Gasteiger charge is 2.58. The fraction of sp³-hybridized carbons (Fsp3) is 0.190. The molecule has 4 aromatic rings. The number of benzene rings is 2. The van der Waals surface area contributed by atoms with Gasteiger partial charge in [0.15, 0.2) is 5.82 Å². The molecular weight excluding hydrogens is 429 g/mol. The number of amides is 1. The number of nitrogens with zero attached hydrogens (tertiary/aromatic N) is 3. The summed E-state index contributed by atoms with van der Waals surface area (Å²) >= 11 is 1.47. The number of halogens is 3. The van der Waals surface area contributed by atoms with Gasteiger partial charge in [-0.2, -0.15) is 13.2 Å². The molecule has 0 spiro atoms. The molecule has 6 nitrogen and oxygen atoms in total. The minimum absolute atomic E-state index is 0.297. The fourth-order valence-electron chi connectivity index (χ4n) is 3.23. The minimum Gasteiger partial charge on any atom is -0.374 e. The van der Waals surface area contributed by atoms with E-state index in [0.717, 1.165) is 26.0 Å². The number of aromatic nitrogens is 3. The van der Waals surface area contributed by atoms with Crippen LogP contribution in [0.5, 0.6) is 0 Å². The molecule has 0 aliphatic heterocycles. The first-order valence-corrected chi connectivity index (χ1v) is 10.0. The van der Waals surface area contributed by atoms with Gasteiger partial charge in [-0.15, -0.1) is 11.3 Å². The number of aryl methyl sites for hydroxylation is 1. The molecule has 0 saturated heterocycles. The Bertz CT molecular complexity index is 1220. The Balaban J connectivity index is 1.57. The van der Waals surface area contributed by atoms with Crippen LogP contribution < -0.4 is 5.32 Å². The van der Waals surface area contributed by atoms with Crippen LogP contribution in [0.3, 0.4) is 0 Å². The Kier molecular flexibility index (Phi) is 5.28. The van der Waals surface area contributed by atoms with Gasteiger partial charge in [0.1, 0.15) is 5.01 Å². The van der Waals surface area contributed by atoms with Gasteiger partial charge >= 0.3 is 6.18 Å². The molecular formula is C21H17F3N4O2S. The number of nitrogens with one attached hydrogen (secondary N) is 1. The number of alkyl halides is 3. The van der Waals surface area contributed by atoms with E-state index in [-0.39, 0.29) is 0 Å². The van der Waals surface area contributed by atoms with Crippen molar-refractivity contribution in [2.45, 2.75) is 18.2 Å². The van der Waals surface area contributed by atoms with Crippen molar-refractivity contribution in [3.8, 4) is 10.6 Å². The lowest BCUT2D eigenvalue weighted by atomic mass is 9.97. The Morgan fingerprint density at radius 2 is 1.97 bits per heavy atom. The number of thiazole rings is 1. The molecule has 1 unspecified atom stereocenters. The number of hydrogen-bond acceptors (Lipinski definition) is 5. The summed E-state index contributed by atoms with van der Waals surface area (Å²) < 4.78 is 43.0. The van der Waals surface area contributed by atoms with E-state index in [9.17, 15) is 23.1 Å². The van der Waals surface area contributed by atoms with Crippen molar-refractivity contribution < 1.29 is 23.1 Å². The zero-order valence-corrected chi connectivity index (χ0v) is 17.0. The van der Waals surface area contributed by atoms with Gasteiger partial charge in [0, 0.05) is 30.7 Å². The summed E-state index contributed by atoms with van der Waals surface area (Å²) in [5, 5.41) is 13.5. The molecule has 0 bridgehead atoms. The Morgan fingerprint density at radius 1 is 1.19 bits per heavy atom. The van der Waals surface area contributed by atoms with Crippen LogP contribution in [0.25, 0.3) is 20.8 Å². The van der Waals surface area contributed by atoms with Crippen molar-refractivity contribution >= 4 is 33.1 Å². The molecule has 1 amide bonds. The second kappa shape index (κ2) is 7.78. The molecule has 0 radical (unpaired) electrons. The van der Waals surface area contributed by atoms with Gasteiger partial charge in [-0.25, -0.2) is 9.97 Å². The number of para-hydroxylation sites is 1. The summed E-state index contributed by atoms with van der Waals surface area (Å²) in [6.07, 6.45) is -3.92. The van der Waals surface area contributed by atoms with Gasteiger partial charge in [-0.3, -0.25) is 4.79 Å². The highest BCUT2D eigenvalue weighted by atomic mass is 32.1. The van der Waals surface area contributed by atoms with E-state index in [0.29, 0.717) is 11.3 Å². The summed E-state index contributed by atoms with van der Waals surface area (Å²) in [6, 6.07) is 14.3. The molecule has 2 N–H and O–H groups in total. The van der Waals surface area contributed by atoms with Gasteiger partial charge in [-0.1, -0.05) is 24.3 Å². The zero-order valence-electron chi connectivity index (χ0n) is 16.2. The van der Waals surface area contributed by atoms with Crippen LogP contribution in [0.1, 0.15) is 12.2 Å². The Morgan fingerprint density at radius 3 is 2.65 bits per heavy atom. The van der Waals surface area contributed by atoms with Crippen molar-refractivity contribution in [2.24, 2.45) is 7.05 Å². The maximum Gasteiger partial charge on any atom is 0.425 e. The number of fused-ring (bicyclic) bond motifs is 1. The molecule has 0 aliphatic rings. The quantitative estimate of drug-likeness (QED) is 0.474. The average Bonchev–Trinajstić information content (AvgIpc) is 3.33. The van der Waals surface area contributed by atoms with Crippen LogP contribution in [0, 0.1) is 0 Å². The third-order valence-corrected chi connectivity index (χ3v) is 5.85. The zero-order chi connectivity index (χ0) is 22.2. The number of anilines is 1. The number of rotatable bonds is 5. The summed E-state index contributed by atoms with van der Waals surface area (Å²) in [5.74, 6) is -1.65. The Hall–Kier alpha value is -3.24. The van der Waals surface area contributed by atoms with E-state index in [4.69, 9.17) is 0 Å². The van der Waals surface area contributed by atoms with Gasteiger partial charge in [0.05, 0.1) is 16.6 Å². The van der Waals surface area contributed by atoms with E-state index in [2.05, 4.69) is 15.3 Å². The van der Waals surface area contributed by atoms with E-state index >= 15 is 0 Å². The van der Waals surface area contributed by atoms with Crippen molar-refractivity contribution in [2.75, 3.05) is 5.32 Å². The first-order chi connectivity index (χ1) is 14.7. The average molecular weight is 446 g/mol. The van der Waals surface area contributed by atoms with Crippen LogP contribution in [0.4, 0.5) is 18.9 Å². The molecule has 2 aromatic carbocycles. The van der Waals surface area contributed by atoms with E-state index in [1.807, 2.05) is 24.3 Å². The largest absolute Gasteiger partial charge is 0.425 e. The van der Waals surface area contributed by atoms with E-state index < -0.39 is 29.9 Å². The van der Waals surface area contributed by atoms with Crippen LogP contribution in [0.15, 0.2) is 60.9 Å². The lowest BCUT2D eigenvalue weighted by Crippen LogP contribution is -2.46. The SMILES string of the molecule is Cn1ccnc1C(O)(CC(=O)Nc1cccc(-c2nc3ccccc3s2)c1)C(F)(F)F. The number of aliphatic hydroxyl groups is 1. The normalized spacial score (nSPS) is 13.8. The van der Waals surface area contributed by atoms with E-state index in [1.165, 1.54) is 24.6 Å². The second-order valence-corrected chi connectivity index (χ2v) is 8.04. The molecule has 2 aromatic heterocycles. The predicted molar refractivity (Wildman–Crippen MR) is 111 cm³/mol.